The first-order valence-electron chi connectivity index (χ1n) is 7.72. The highest BCUT2D eigenvalue weighted by Crippen LogP contribution is 2.46. The molecular weight excluding hydrogens is 254 g/mol. The molecule has 1 aromatic heterocycles. The van der Waals surface area contributed by atoms with Crippen LogP contribution < -0.4 is 10.2 Å². The van der Waals surface area contributed by atoms with Crippen LogP contribution >= 0.6 is 11.3 Å². The van der Waals surface area contributed by atoms with Crippen LogP contribution in [0.3, 0.4) is 0 Å². The van der Waals surface area contributed by atoms with Crippen LogP contribution in [0.2, 0.25) is 0 Å². The average Bonchev–Trinajstić information content (AvgIpc) is 3.08. The van der Waals surface area contributed by atoms with Crippen molar-refractivity contribution in [3.05, 3.63) is 11.1 Å². The maximum absolute atomic E-state index is 4.61. The predicted octanol–water partition coefficient (Wildman–Crippen LogP) is 3.41. The van der Waals surface area contributed by atoms with Crippen LogP contribution in [-0.2, 0) is 6.54 Å². The molecule has 2 aliphatic rings. The molecule has 0 atom stereocenters. The molecule has 2 heterocycles. The Bertz CT molecular complexity index is 399. The average molecular weight is 279 g/mol. The number of thiazole rings is 1. The second kappa shape index (κ2) is 5.80. The predicted molar refractivity (Wildman–Crippen MR) is 81.8 cm³/mol. The van der Waals surface area contributed by atoms with E-state index in [1.54, 1.807) is 0 Å². The first-order chi connectivity index (χ1) is 9.31. The number of hydrogen-bond acceptors (Lipinski definition) is 4. The van der Waals surface area contributed by atoms with E-state index >= 15 is 0 Å². The van der Waals surface area contributed by atoms with Gasteiger partial charge in [0, 0.05) is 30.7 Å². The lowest BCUT2D eigenvalue weighted by molar-refractivity contribution is 0.226. The normalized spacial score (nSPS) is 22.3. The molecule has 0 amide bonds. The summed E-state index contributed by atoms with van der Waals surface area (Å²) in [5.41, 5.74) is 0.709. The van der Waals surface area contributed by atoms with E-state index in [-0.39, 0.29) is 0 Å². The molecule has 19 heavy (non-hydrogen) atoms. The van der Waals surface area contributed by atoms with Gasteiger partial charge in [-0.3, -0.25) is 0 Å². The van der Waals surface area contributed by atoms with Gasteiger partial charge in [-0.25, -0.2) is 4.98 Å². The molecular formula is C15H25N3S. The molecule has 1 aliphatic carbocycles. The third-order valence-corrected chi connectivity index (χ3v) is 5.91. The van der Waals surface area contributed by atoms with Crippen molar-refractivity contribution in [2.24, 2.45) is 5.41 Å². The lowest BCUT2D eigenvalue weighted by atomic mass is 9.77. The zero-order valence-electron chi connectivity index (χ0n) is 12.0. The van der Waals surface area contributed by atoms with Crippen molar-refractivity contribution < 1.29 is 0 Å². The van der Waals surface area contributed by atoms with Gasteiger partial charge < -0.3 is 10.2 Å². The highest BCUT2D eigenvalue weighted by molar-refractivity contribution is 7.15. The Balaban J connectivity index is 1.57. The van der Waals surface area contributed by atoms with E-state index in [1.807, 2.05) is 17.5 Å². The van der Waals surface area contributed by atoms with Crippen LogP contribution in [0.1, 0.15) is 50.3 Å². The maximum Gasteiger partial charge on any atom is 0.185 e. The number of anilines is 1. The van der Waals surface area contributed by atoms with Crippen molar-refractivity contribution in [2.45, 2.75) is 52.0 Å². The number of nitrogens with one attached hydrogen (secondary N) is 1. The fourth-order valence-electron chi connectivity index (χ4n) is 3.57. The smallest absolute Gasteiger partial charge is 0.185 e. The molecule has 1 saturated heterocycles. The molecule has 106 valence electrons. The summed E-state index contributed by atoms with van der Waals surface area (Å²) in [4.78, 5) is 8.48. The molecule has 1 aromatic rings. The fraction of sp³-hybridized carbons (Fsp3) is 0.800. The summed E-state index contributed by atoms with van der Waals surface area (Å²) in [5, 5.41) is 4.61. The minimum atomic E-state index is 0.709. The Morgan fingerprint density at radius 1 is 1.26 bits per heavy atom. The summed E-state index contributed by atoms with van der Waals surface area (Å²) in [5.74, 6) is 0. The van der Waals surface area contributed by atoms with Crippen molar-refractivity contribution in [1.29, 1.82) is 0 Å². The van der Waals surface area contributed by atoms with Crippen LogP contribution in [0.25, 0.3) is 0 Å². The Kier molecular flexibility index (Phi) is 4.08. The first kappa shape index (κ1) is 13.4. The quantitative estimate of drug-likeness (QED) is 0.915. The summed E-state index contributed by atoms with van der Waals surface area (Å²) >= 11 is 1.86. The molecule has 4 heteroatoms. The lowest BCUT2D eigenvalue weighted by Crippen LogP contribution is -2.38. The van der Waals surface area contributed by atoms with E-state index in [0.717, 1.165) is 13.1 Å². The molecule has 0 bridgehead atoms. The zero-order valence-corrected chi connectivity index (χ0v) is 12.8. The minimum absolute atomic E-state index is 0.709. The van der Waals surface area contributed by atoms with Gasteiger partial charge in [0.2, 0.25) is 0 Å². The molecule has 1 N–H and O–H groups in total. The van der Waals surface area contributed by atoms with Crippen molar-refractivity contribution in [1.82, 2.24) is 10.3 Å². The molecule has 1 aliphatic heterocycles. The topological polar surface area (TPSA) is 28.2 Å². The van der Waals surface area contributed by atoms with Crippen molar-refractivity contribution in [3.8, 4) is 0 Å². The van der Waals surface area contributed by atoms with E-state index < -0.39 is 0 Å². The minimum Gasteiger partial charge on any atom is -0.348 e. The van der Waals surface area contributed by atoms with E-state index in [0.29, 0.717) is 5.41 Å². The van der Waals surface area contributed by atoms with Gasteiger partial charge in [-0.2, -0.15) is 0 Å². The zero-order chi connectivity index (χ0) is 13.1. The molecule has 3 rings (SSSR count). The summed E-state index contributed by atoms with van der Waals surface area (Å²) in [6.45, 7) is 6.57. The van der Waals surface area contributed by atoms with Gasteiger partial charge in [0.15, 0.2) is 5.13 Å². The first-order valence-corrected chi connectivity index (χ1v) is 8.53. The van der Waals surface area contributed by atoms with E-state index in [1.165, 1.54) is 61.6 Å². The van der Waals surface area contributed by atoms with Crippen molar-refractivity contribution in [3.63, 3.8) is 0 Å². The number of nitrogens with zero attached hydrogens (tertiary/aromatic N) is 2. The van der Waals surface area contributed by atoms with Gasteiger partial charge >= 0.3 is 0 Å². The van der Waals surface area contributed by atoms with Gasteiger partial charge in [0.25, 0.3) is 0 Å². The highest BCUT2D eigenvalue weighted by Gasteiger charge is 2.37. The van der Waals surface area contributed by atoms with Gasteiger partial charge in [-0.05, 0) is 37.6 Å². The molecule has 0 radical (unpaired) electrons. The molecule has 0 aromatic carbocycles. The van der Waals surface area contributed by atoms with Crippen LogP contribution in [0, 0.1) is 5.41 Å². The maximum atomic E-state index is 4.61. The number of rotatable bonds is 4. The Labute approximate surface area is 120 Å². The van der Waals surface area contributed by atoms with E-state index in [4.69, 9.17) is 0 Å². The molecule has 1 saturated carbocycles. The third kappa shape index (κ3) is 2.95. The van der Waals surface area contributed by atoms with E-state index in [9.17, 15) is 0 Å². The number of aromatic nitrogens is 1. The fourth-order valence-corrected chi connectivity index (χ4v) is 4.50. The summed E-state index contributed by atoms with van der Waals surface area (Å²) < 4.78 is 0. The second-order valence-corrected chi connectivity index (χ2v) is 7.18. The van der Waals surface area contributed by atoms with Gasteiger partial charge in [0.1, 0.15) is 0 Å². The van der Waals surface area contributed by atoms with Gasteiger partial charge in [-0.1, -0.05) is 19.8 Å². The van der Waals surface area contributed by atoms with Gasteiger partial charge in [-0.15, -0.1) is 11.3 Å². The SMILES string of the molecule is CCNCc1cnc(N2CCC3(CCCC3)CC2)s1. The monoisotopic (exact) mass is 279 g/mol. The van der Waals surface area contributed by atoms with Crippen LogP contribution in [0.15, 0.2) is 6.20 Å². The Hall–Kier alpha value is -0.610. The second-order valence-electron chi connectivity index (χ2n) is 6.08. The lowest BCUT2D eigenvalue weighted by Gasteiger charge is -2.39. The van der Waals surface area contributed by atoms with Crippen LogP contribution in [-0.4, -0.2) is 24.6 Å². The third-order valence-electron chi connectivity index (χ3n) is 4.85. The van der Waals surface area contributed by atoms with Crippen molar-refractivity contribution >= 4 is 16.5 Å². The Morgan fingerprint density at radius 2 is 2.00 bits per heavy atom. The Morgan fingerprint density at radius 3 is 2.68 bits per heavy atom. The van der Waals surface area contributed by atoms with Gasteiger partial charge in [0.05, 0.1) is 0 Å². The molecule has 2 fully saturated rings. The summed E-state index contributed by atoms with van der Waals surface area (Å²) in [6, 6.07) is 0. The van der Waals surface area contributed by atoms with Crippen LogP contribution in [0.4, 0.5) is 5.13 Å². The summed E-state index contributed by atoms with van der Waals surface area (Å²) in [6.07, 6.45) is 10.7. The highest BCUT2D eigenvalue weighted by atomic mass is 32.1. The largest absolute Gasteiger partial charge is 0.348 e. The standard InChI is InChI=1S/C15H25N3S/c1-2-16-11-13-12-17-14(19-13)18-9-7-15(8-10-18)5-3-4-6-15/h12,16H,2-11H2,1H3. The van der Waals surface area contributed by atoms with E-state index in [2.05, 4.69) is 22.1 Å². The number of piperidine rings is 1. The molecule has 3 nitrogen and oxygen atoms in total. The van der Waals surface area contributed by atoms with Crippen LogP contribution in [0.5, 0.6) is 0 Å². The molecule has 0 unspecified atom stereocenters. The number of hydrogen-bond donors (Lipinski definition) is 1. The molecule has 1 spiro atoms. The van der Waals surface area contributed by atoms with Crippen molar-refractivity contribution in [2.75, 3.05) is 24.5 Å². The summed E-state index contributed by atoms with van der Waals surface area (Å²) in [7, 11) is 0.